The maximum Gasteiger partial charge on any atom is 0.273 e. The Morgan fingerprint density at radius 1 is 1.17 bits per heavy atom. The second kappa shape index (κ2) is 6.90. The van der Waals surface area contributed by atoms with Gasteiger partial charge in [0.1, 0.15) is 17.3 Å². The van der Waals surface area contributed by atoms with Crippen molar-refractivity contribution in [2.45, 2.75) is 37.8 Å². The molecule has 5 rings (SSSR count). The van der Waals surface area contributed by atoms with Crippen LogP contribution in [0.2, 0.25) is 0 Å². The van der Waals surface area contributed by atoms with E-state index in [4.69, 9.17) is 5.73 Å². The first-order valence-corrected chi connectivity index (χ1v) is 9.99. The van der Waals surface area contributed by atoms with Crippen LogP contribution in [0.25, 0.3) is 11.3 Å². The fourth-order valence-electron chi connectivity index (χ4n) is 4.86. The summed E-state index contributed by atoms with van der Waals surface area (Å²) in [5.74, 6) is -1.39. The van der Waals surface area contributed by atoms with Crippen LogP contribution in [-0.4, -0.2) is 31.6 Å². The summed E-state index contributed by atoms with van der Waals surface area (Å²) in [6.45, 7) is 0. The fraction of sp³-hybridized carbons (Fsp3) is 0.318. The van der Waals surface area contributed by atoms with Gasteiger partial charge in [0, 0.05) is 30.3 Å². The number of hydrogen-bond acceptors (Lipinski definition) is 4. The second-order valence-corrected chi connectivity index (χ2v) is 7.99. The van der Waals surface area contributed by atoms with Gasteiger partial charge in [-0.15, -0.1) is 0 Å². The van der Waals surface area contributed by atoms with E-state index in [9.17, 15) is 13.6 Å². The third-order valence-corrected chi connectivity index (χ3v) is 6.05. The number of piperidine rings is 1. The van der Waals surface area contributed by atoms with E-state index < -0.39 is 11.6 Å². The van der Waals surface area contributed by atoms with Crippen LogP contribution in [0.5, 0.6) is 0 Å². The molecular formula is C22H21F2N5O. The van der Waals surface area contributed by atoms with Crippen LogP contribution in [-0.2, 0) is 13.5 Å². The summed E-state index contributed by atoms with van der Waals surface area (Å²) in [5, 5.41) is 4.69. The molecule has 6 nitrogen and oxygen atoms in total. The van der Waals surface area contributed by atoms with Gasteiger partial charge >= 0.3 is 0 Å². The Kier molecular flexibility index (Phi) is 4.30. The molecular weight excluding hydrogens is 388 g/mol. The minimum absolute atomic E-state index is 0.00976. The van der Waals surface area contributed by atoms with Gasteiger partial charge in [-0.05, 0) is 49.9 Å². The summed E-state index contributed by atoms with van der Waals surface area (Å²) < 4.78 is 29.4. The van der Waals surface area contributed by atoms with Crippen molar-refractivity contribution in [2.24, 2.45) is 7.05 Å². The third-order valence-electron chi connectivity index (χ3n) is 6.05. The molecule has 2 atom stereocenters. The molecule has 2 aliphatic rings. The van der Waals surface area contributed by atoms with E-state index >= 15 is 0 Å². The maximum atomic E-state index is 13.9. The number of pyridine rings is 1. The number of carbonyl (C=O) groups excluding carboxylic acids is 1. The van der Waals surface area contributed by atoms with E-state index in [1.807, 2.05) is 4.90 Å². The molecule has 2 N–H and O–H groups in total. The van der Waals surface area contributed by atoms with E-state index in [0.717, 1.165) is 36.6 Å². The van der Waals surface area contributed by atoms with Gasteiger partial charge in [-0.2, -0.15) is 5.10 Å². The fourth-order valence-corrected chi connectivity index (χ4v) is 4.86. The summed E-state index contributed by atoms with van der Waals surface area (Å²) >= 11 is 0. The molecule has 1 saturated heterocycles. The number of carbonyl (C=O) groups is 1. The first-order valence-electron chi connectivity index (χ1n) is 9.99. The Morgan fingerprint density at radius 2 is 1.93 bits per heavy atom. The van der Waals surface area contributed by atoms with Crippen LogP contribution < -0.4 is 5.73 Å². The van der Waals surface area contributed by atoms with E-state index in [1.54, 1.807) is 23.9 Å². The topological polar surface area (TPSA) is 77.0 Å². The predicted molar refractivity (Wildman–Crippen MR) is 107 cm³/mol. The van der Waals surface area contributed by atoms with Crippen LogP contribution in [0.15, 0.2) is 36.5 Å². The maximum absolute atomic E-state index is 13.9. The minimum atomic E-state index is -0.623. The number of nitrogens with two attached hydrogens (primary N) is 1. The number of nitrogens with zero attached hydrogens (tertiary/aromatic N) is 4. The summed E-state index contributed by atoms with van der Waals surface area (Å²) in [5.41, 5.74) is 9.49. The van der Waals surface area contributed by atoms with Crippen molar-refractivity contribution in [1.29, 1.82) is 0 Å². The number of hydrogen-bond donors (Lipinski definition) is 1. The molecule has 30 heavy (non-hydrogen) atoms. The summed E-state index contributed by atoms with van der Waals surface area (Å²) in [4.78, 5) is 19.4. The van der Waals surface area contributed by atoms with Gasteiger partial charge in [0.25, 0.3) is 5.91 Å². The average Bonchev–Trinajstić information content (AvgIpc) is 3.02. The molecule has 4 heterocycles. The number of fused-ring (bicyclic) bond motifs is 4. The minimum Gasteiger partial charge on any atom is -0.397 e. The lowest BCUT2D eigenvalue weighted by atomic mass is 9.81. The molecule has 2 aromatic heterocycles. The molecule has 1 fully saturated rings. The lowest BCUT2D eigenvalue weighted by molar-refractivity contribution is 0.0386. The van der Waals surface area contributed by atoms with E-state index in [2.05, 4.69) is 10.1 Å². The van der Waals surface area contributed by atoms with Crippen LogP contribution in [0.1, 0.15) is 47.1 Å². The van der Waals surface area contributed by atoms with E-state index in [0.29, 0.717) is 29.1 Å². The first-order chi connectivity index (χ1) is 14.4. The van der Waals surface area contributed by atoms with E-state index in [1.165, 1.54) is 18.3 Å². The summed E-state index contributed by atoms with van der Waals surface area (Å²) in [7, 11) is 1.77. The summed E-state index contributed by atoms with van der Waals surface area (Å²) in [6.07, 6.45) is 4.72. The number of rotatable bonds is 2. The van der Waals surface area contributed by atoms with Crippen LogP contribution in [0.4, 0.5) is 14.5 Å². The predicted octanol–water partition coefficient (Wildman–Crippen LogP) is 3.63. The average molecular weight is 409 g/mol. The molecule has 3 aromatic rings. The SMILES string of the molecule is Cn1nc2c(c1-c1cc(F)cc(F)c1)CC1CCCC2N1C(=O)c1ccc(N)cn1. The van der Waals surface area contributed by atoms with Crippen molar-refractivity contribution in [1.82, 2.24) is 19.7 Å². The largest absolute Gasteiger partial charge is 0.397 e. The van der Waals surface area contributed by atoms with Gasteiger partial charge in [0.2, 0.25) is 0 Å². The Hall–Kier alpha value is -3.29. The van der Waals surface area contributed by atoms with Crippen LogP contribution in [0, 0.1) is 11.6 Å². The molecule has 8 heteroatoms. The van der Waals surface area contributed by atoms with Crippen LogP contribution >= 0.6 is 0 Å². The number of benzene rings is 1. The quantitative estimate of drug-likeness (QED) is 0.701. The third kappa shape index (κ3) is 2.94. The monoisotopic (exact) mass is 409 g/mol. The highest BCUT2D eigenvalue weighted by atomic mass is 19.1. The van der Waals surface area contributed by atoms with Gasteiger partial charge in [0.05, 0.1) is 29.3 Å². The first kappa shape index (κ1) is 18.7. The lowest BCUT2D eigenvalue weighted by Crippen LogP contribution is -2.50. The van der Waals surface area contributed by atoms with Crippen molar-refractivity contribution < 1.29 is 13.6 Å². The molecule has 1 aromatic carbocycles. The zero-order valence-electron chi connectivity index (χ0n) is 16.5. The second-order valence-electron chi connectivity index (χ2n) is 7.99. The molecule has 2 bridgehead atoms. The number of aromatic nitrogens is 3. The van der Waals surface area contributed by atoms with Crippen molar-refractivity contribution in [3.63, 3.8) is 0 Å². The molecule has 0 spiro atoms. The van der Waals surface area contributed by atoms with Gasteiger partial charge in [0.15, 0.2) is 0 Å². The number of aryl methyl sites for hydroxylation is 1. The van der Waals surface area contributed by atoms with Crippen LogP contribution in [0.3, 0.4) is 0 Å². The number of nitrogen functional groups attached to an aromatic ring is 1. The number of halogens is 2. The molecule has 1 amide bonds. The molecule has 2 unspecified atom stereocenters. The van der Waals surface area contributed by atoms with Crippen molar-refractivity contribution in [3.8, 4) is 11.3 Å². The zero-order chi connectivity index (χ0) is 21.0. The van der Waals surface area contributed by atoms with Crippen molar-refractivity contribution >= 4 is 11.6 Å². The summed E-state index contributed by atoms with van der Waals surface area (Å²) in [6, 6.07) is 6.63. The molecule has 0 aliphatic carbocycles. The van der Waals surface area contributed by atoms with Gasteiger partial charge < -0.3 is 10.6 Å². The smallest absolute Gasteiger partial charge is 0.273 e. The lowest BCUT2D eigenvalue weighted by Gasteiger charge is -2.45. The number of anilines is 1. The van der Waals surface area contributed by atoms with Gasteiger partial charge in [-0.3, -0.25) is 9.48 Å². The molecule has 2 aliphatic heterocycles. The molecule has 0 saturated carbocycles. The highest BCUT2D eigenvalue weighted by Gasteiger charge is 2.43. The van der Waals surface area contributed by atoms with Crippen molar-refractivity contribution in [3.05, 3.63) is 65.1 Å². The number of amides is 1. The van der Waals surface area contributed by atoms with Crippen molar-refractivity contribution in [2.75, 3.05) is 5.73 Å². The van der Waals surface area contributed by atoms with E-state index in [-0.39, 0.29) is 18.0 Å². The molecule has 0 radical (unpaired) electrons. The highest BCUT2D eigenvalue weighted by Crippen LogP contribution is 2.45. The Bertz CT molecular complexity index is 1120. The molecule has 154 valence electrons. The zero-order valence-corrected chi connectivity index (χ0v) is 16.5. The van der Waals surface area contributed by atoms with Gasteiger partial charge in [-0.25, -0.2) is 13.8 Å². The Balaban J connectivity index is 1.58. The Labute approximate surface area is 172 Å². The van der Waals surface area contributed by atoms with Gasteiger partial charge in [-0.1, -0.05) is 0 Å². The highest BCUT2D eigenvalue weighted by molar-refractivity contribution is 5.93. The standard InChI is InChI=1S/C22H21F2N5O/c1-28-21(12-7-13(23)9-14(24)8-12)17-10-16-3-2-4-19(20(17)27-28)29(16)22(30)18-6-5-15(25)11-26-18/h5-9,11,16,19H,2-4,10,25H2,1H3. The normalized spacial score (nSPS) is 20.2. The Morgan fingerprint density at radius 3 is 2.63 bits per heavy atom.